The first-order chi connectivity index (χ1) is 3.45. The molecule has 0 amide bonds. The van der Waals surface area contributed by atoms with Gasteiger partial charge in [-0.2, -0.15) is 0 Å². The second-order valence-electron chi connectivity index (χ2n) is 2.59. The van der Waals surface area contributed by atoms with Gasteiger partial charge in [0.2, 0.25) is 0 Å². The minimum absolute atomic E-state index is 1.02. The van der Waals surface area contributed by atoms with E-state index in [4.69, 9.17) is 0 Å². The van der Waals surface area contributed by atoms with Crippen molar-refractivity contribution in [3.63, 3.8) is 0 Å². The molecule has 2 aliphatic carbocycles. The minimum atomic E-state index is 1.02. The van der Waals surface area contributed by atoms with E-state index in [1.54, 1.807) is 5.57 Å². The Labute approximate surface area is 44.2 Å². The second-order valence-corrected chi connectivity index (χ2v) is 2.59. The highest BCUT2D eigenvalue weighted by Crippen LogP contribution is 2.38. The molecule has 0 heteroatoms. The zero-order valence-electron chi connectivity index (χ0n) is 4.41. The van der Waals surface area contributed by atoms with Crippen LogP contribution in [0.3, 0.4) is 0 Å². The molecule has 1 atom stereocenters. The Morgan fingerprint density at radius 2 is 2.57 bits per heavy atom. The summed E-state index contributed by atoms with van der Waals surface area (Å²) in [5.74, 6) is 1.02. The molecule has 0 aromatic heterocycles. The van der Waals surface area contributed by atoms with E-state index in [1.807, 2.05) is 0 Å². The third-order valence-corrected chi connectivity index (χ3v) is 2.03. The predicted molar refractivity (Wildman–Crippen MR) is 28.7 cm³/mol. The first-order valence-corrected chi connectivity index (χ1v) is 3.04. The third kappa shape index (κ3) is 0.425. The molecule has 1 fully saturated rings. The van der Waals surface area contributed by atoms with Gasteiger partial charge in [0.05, 0.1) is 0 Å². The summed E-state index contributed by atoms with van der Waals surface area (Å²) >= 11 is 0. The summed E-state index contributed by atoms with van der Waals surface area (Å²) in [6.45, 7) is 0. The fourth-order valence-corrected chi connectivity index (χ4v) is 1.55. The molecule has 0 aromatic rings. The van der Waals surface area contributed by atoms with Crippen LogP contribution in [-0.2, 0) is 0 Å². The van der Waals surface area contributed by atoms with E-state index in [1.165, 1.54) is 25.7 Å². The standard InChI is InChI=1S/C7H9/c1-2-7-4-3-6(1)5-7/h6H,1-3,5H2. The van der Waals surface area contributed by atoms with Crippen molar-refractivity contribution in [1.82, 2.24) is 0 Å². The highest BCUT2D eigenvalue weighted by molar-refractivity contribution is 5.10. The van der Waals surface area contributed by atoms with Gasteiger partial charge >= 0.3 is 0 Å². The van der Waals surface area contributed by atoms with Crippen molar-refractivity contribution in [2.24, 2.45) is 5.92 Å². The van der Waals surface area contributed by atoms with E-state index < -0.39 is 0 Å². The van der Waals surface area contributed by atoms with E-state index in [9.17, 15) is 0 Å². The van der Waals surface area contributed by atoms with Gasteiger partial charge in [0, 0.05) is 0 Å². The van der Waals surface area contributed by atoms with Crippen LogP contribution >= 0.6 is 0 Å². The molecule has 1 radical (unpaired) electrons. The Morgan fingerprint density at radius 1 is 1.57 bits per heavy atom. The van der Waals surface area contributed by atoms with Crippen LogP contribution in [0.25, 0.3) is 0 Å². The van der Waals surface area contributed by atoms with Crippen LogP contribution in [0.2, 0.25) is 0 Å². The lowest BCUT2D eigenvalue weighted by Gasteiger charge is -1.98. The molecule has 1 saturated carbocycles. The highest BCUT2D eigenvalue weighted by Gasteiger charge is 2.23. The zero-order chi connectivity index (χ0) is 4.69. The maximum absolute atomic E-state index is 3.37. The van der Waals surface area contributed by atoms with Crippen LogP contribution in [-0.4, -0.2) is 0 Å². The van der Waals surface area contributed by atoms with Crippen molar-refractivity contribution in [3.05, 3.63) is 11.6 Å². The molecule has 1 unspecified atom stereocenters. The van der Waals surface area contributed by atoms with Crippen molar-refractivity contribution in [1.29, 1.82) is 0 Å². The Morgan fingerprint density at radius 3 is 2.71 bits per heavy atom. The number of allylic oxidation sites excluding steroid dienone is 2. The molecule has 2 bridgehead atoms. The van der Waals surface area contributed by atoms with Gasteiger partial charge in [-0.3, -0.25) is 0 Å². The van der Waals surface area contributed by atoms with Crippen molar-refractivity contribution in [2.45, 2.75) is 25.7 Å². The number of fused-ring (bicyclic) bond motifs is 2. The van der Waals surface area contributed by atoms with Crippen LogP contribution in [0.1, 0.15) is 25.7 Å². The van der Waals surface area contributed by atoms with Gasteiger partial charge in [0.15, 0.2) is 0 Å². The first-order valence-electron chi connectivity index (χ1n) is 3.04. The summed E-state index contributed by atoms with van der Waals surface area (Å²) in [7, 11) is 0. The van der Waals surface area contributed by atoms with E-state index in [-0.39, 0.29) is 0 Å². The van der Waals surface area contributed by atoms with Gasteiger partial charge in [0.1, 0.15) is 0 Å². The Hall–Kier alpha value is -0.260. The zero-order valence-corrected chi connectivity index (χ0v) is 4.41. The van der Waals surface area contributed by atoms with E-state index in [0.717, 1.165) is 5.92 Å². The minimum Gasteiger partial charge on any atom is -0.0664 e. The normalized spacial score (nSPS) is 36.6. The molecule has 0 aromatic carbocycles. The van der Waals surface area contributed by atoms with Gasteiger partial charge in [-0.1, -0.05) is 5.57 Å². The lowest BCUT2D eigenvalue weighted by molar-refractivity contribution is 0.570. The number of hydrogen-bond donors (Lipinski definition) is 0. The monoisotopic (exact) mass is 93.1 g/mol. The molecule has 37 valence electrons. The lowest BCUT2D eigenvalue weighted by Crippen LogP contribution is -1.85. The summed E-state index contributed by atoms with van der Waals surface area (Å²) in [6.07, 6.45) is 8.86. The fourth-order valence-electron chi connectivity index (χ4n) is 1.55. The number of hydrogen-bond acceptors (Lipinski definition) is 0. The summed E-state index contributed by atoms with van der Waals surface area (Å²) < 4.78 is 0. The van der Waals surface area contributed by atoms with Crippen molar-refractivity contribution < 1.29 is 0 Å². The Kier molecular flexibility index (Phi) is 0.592. The molecule has 0 aliphatic heterocycles. The molecule has 7 heavy (non-hydrogen) atoms. The average Bonchev–Trinajstić information content (AvgIpc) is 2.22. The van der Waals surface area contributed by atoms with Gasteiger partial charge in [0.25, 0.3) is 0 Å². The van der Waals surface area contributed by atoms with Crippen LogP contribution in [0, 0.1) is 12.0 Å². The van der Waals surface area contributed by atoms with Crippen LogP contribution in [0.4, 0.5) is 0 Å². The van der Waals surface area contributed by atoms with E-state index in [2.05, 4.69) is 6.08 Å². The summed E-state index contributed by atoms with van der Waals surface area (Å²) in [6, 6.07) is 0. The fraction of sp³-hybridized carbons (Fsp3) is 0.714. The molecule has 0 saturated heterocycles. The maximum atomic E-state index is 3.37. The Balaban J connectivity index is 2.30. The van der Waals surface area contributed by atoms with Crippen molar-refractivity contribution in [2.75, 3.05) is 0 Å². The van der Waals surface area contributed by atoms with Crippen LogP contribution < -0.4 is 0 Å². The summed E-state index contributed by atoms with van der Waals surface area (Å²) in [4.78, 5) is 0. The van der Waals surface area contributed by atoms with Crippen molar-refractivity contribution >= 4 is 0 Å². The van der Waals surface area contributed by atoms with Gasteiger partial charge in [-0.15, -0.1) is 0 Å². The van der Waals surface area contributed by atoms with Gasteiger partial charge < -0.3 is 0 Å². The Bertz CT molecular complexity index is 111. The average molecular weight is 93.1 g/mol. The molecule has 0 N–H and O–H groups in total. The first kappa shape index (κ1) is 3.71. The lowest BCUT2D eigenvalue weighted by atomic mass is 10.1. The van der Waals surface area contributed by atoms with Gasteiger partial charge in [-0.25, -0.2) is 0 Å². The molecule has 0 heterocycles. The molecule has 0 nitrogen and oxygen atoms in total. The maximum Gasteiger partial charge on any atom is -0.0245 e. The van der Waals surface area contributed by atoms with Crippen molar-refractivity contribution in [3.8, 4) is 0 Å². The molecule has 0 spiro atoms. The highest BCUT2D eigenvalue weighted by atomic mass is 14.3. The number of rotatable bonds is 0. The largest absolute Gasteiger partial charge is 0.0664 e. The summed E-state index contributed by atoms with van der Waals surface area (Å²) in [5, 5.41) is 0. The van der Waals surface area contributed by atoms with Crippen LogP contribution in [0.15, 0.2) is 5.57 Å². The smallest absolute Gasteiger partial charge is 0.0245 e. The predicted octanol–water partition coefficient (Wildman–Crippen LogP) is 1.92. The molecule has 2 aliphatic rings. The topological polar surface area (TPSA) is 0 Å². The molecular weight excluding hydrogens is 84.1 g/mol. The quantitative estimate of drug-likeness (QED) is 0.429. The second kappa shape index (κ2) is 1.12. The molecular formula is C7H9. The van der Waals surface area contributed by atoms with Crippen LogP contribution in [0.5, 0.6) is 0 Å². The summed E-state index contributed by atoms with van der Waals surface area (Å²) in [5.41, 5.74) is 1.62. The van der Waals surface area contributed by atoms with E-state index >= 15 is 0 Å². The SMILES string of the molecule is [C]1=C2CCC(C1)C2. The third-order valence-electron chi connectivity index (χ3n) is 2.03. The van der Waals surface area contributed by atoms with E-state index in [0.29, 0.717) is 0 Å². The van der Waals surface area contributed by atoms with Gasteiger partial charge in [-0.05, 0) is 37.7 Å². The molecule has 2 rings (SSSR count).